The minimum atomic E-state index is -0.383. The van der Waals surface area contributed by atoms with Crippen molar-refractivity contribution in [2.45, 2.75) is 13.3 Å². The first-order valence-electron chi connectivity index (χ1n) is 4.92. The molecule has 0 aliphatic rings. The second-order valence-corrected chi connectivity index (χ2v) is 3.82. The molecule has 0 radical (unpaired) electrons. The number of nitrogens with one attached hydrogen (secondary N) is 1. The topological polar surface area (TPSA) is 54.7 Å². The van der Waals surface area contributed by atoms with Crippen molar-refractivity contribution >= 4 is 17.4 Å². The number of halogens is 2. The summed E-state index contributed by atoms with van der Waals surface area (Å²) in [5.41, 5.74) is 7.35. The molecule has 84 valence electrons. The van der Waals surface area contributed by atoms with E-state index in [1.165, 1.54) is 6.07 Å². The Kier molecular flexibility index (Phi) is 2.83. The Morgan fingerprint density at radius 3 is 2.88 bits per heavy atom. The van der Waals surface area contributed by atoms with Gasteiger partial charge in [-0.05, 0) is 18.6 Å². The molecule has 0 bridgehead atoms. The van der Waals surface area contributed by atoms with Gasteiger partial charge in [-0.2, -0.15) is 5.10 Å². The van der Waals surface area contributed by atoms with Crippen LogP contribution in [0.25, 0.3) is 11.3 Å². The zero-order valence-electron chi connectivity index (χ0n) is 8.72. The maximum absolute atomic E-state index is 13.7. The highest BCUT2D eigenvalue weighted by molar-refractivity contribution is 6.33. The first-order valence-corrected chi connectivity index (χ1v) is 5.30. The predicted octanol–water partition coefficient (Wildman–Crippen LogP) is 3.01. The van der Waals surface area contributed by atoms with Crippen molar-refractivity contribution in [2.24, 2.45) is 0 Å². The van der Waals surface area contributed by atoms with E-state index in [4.69, 9.17) is 17.3 Å². The number of benzene rings is 1. The minimum absolute atomic E-state index is 0.324. The van der Waals surface area contributed by atoms with E-state index in [-0.39, 0.29) is 5.82 Å². The molecule has 0 aliphatic carbocycles. The van der Waals surface area contributed by atoms with Gasteiger partial charge in [-0.1, -0.05) is 24.6 Å². The van der Waals surface area contributed by atoms with Gasteiger partial charge in [0.15, 0.2) is 0 Å². The molecule has 0 spiro atoms. The SMILES string of the molecule is CCc1c(N)n[nH]c1-c1c(F)cccc1Cl. The lowest BCUT2D eigenvalue weighted by Crippen LogP contribution is -1.93. The molecule has 3 N–H and O–H groups in total. The van der Waals surface area contributed by atoms with Crippen LogP contribution < -0.4 is 5.73 Å². The maximum Gasteiger partial charge on any atom is 0.149 e. The summed E-state index contributed by atoms with van der Waals surface area (Å²) in [7, 11) is 0. The molecule has 5 heteroatoms. The van der Waals surface area contributed by atoms with Crippen LogP contribution in [0.4, 0.5) is 10.2 Å². The van der Waals surface area contributed by atoms with Crippen molar-refractivity contribution in [2.75, 3.05) is 5.73 Å². The first-order chi connectivity index (χ1) is 7.65. The molecule has 0 aliphatic heterocycles. The van der Waals surface area contributed by atoms with E-state index in [9.17, 15) is 4.39 Å². The van der Waals surface area contributed by atoms with Crippen molar-refractivity contribution < 1.29 is 4.39 Å². The lowest BCUT2D eigenvalue weighted by Gasteiger charge is -2.05. The smallest absolute Gasteiger partial charge is 0.149 e. The summed E-state index contributed by atoms with van der Waals surface area (Å²) in [6.45, 7) is 1.93. The van der Waals surface area contributed by atoms with E-state index in [0.29, 0.717) is 28.5 Å². The molecule has 1 heterocycles. The number of aromatic nitrogens is 2. The standard InChI is InChI=1S/C11H11ClFN3/c1-2-6-10(15-16-11(6)14)9-7(12)4-3-5-8(9)13/h3-5H,2H2,1H3,(H3,14,15,16). The molecular formula is C11H11ClFN3. The van der Waals surface area contributed by atoms with E-state index in [1.54, 1.807) is 12.1 Å². The number of hydrogen-bond donors (Lipinski definition) is 2. The van der Waals surface area contributed by atoms with Crippen LogP contribution >= 0.6 is 11.6 Å². The Hall–Kier alpha value is -1.55. The van der Waals surface area contributed by atoms with Crippen molar-refractivity contribution in [1.82, 2.24) is 10.2 Å². The Bertz CT molecular complexity index is 502. The van der Waals surface area contributed by atoms with Gasteiger partial charge in [0.1, 0.15) is 11.6 Å². The number of nitrogens with zero attached hydrogens (tertiary/aromatic N) is 1. The van der Waals surface area contributed by atoms with Crippen molar-refractivity contribution in [3.05, 3.63) is 34.6 Å². The third-order valence-corrected chi connectivity index (χ3v) is 2.78. The summed E-state index contributed by atoms with van der Waals surface area (Å²) < 4.78 is 13.7. The van der Waals surface area contributed by atoms with Gasteiger partial charge < -0.3 is 5.73 Å². The summed E-state index contributed by atoms with van der Waals surface area (Å²) in [4.78, 5) is 0. The van der Waals surface area contributed by atoms with Gasteiger partial charge in [0.05, 0.1) is 16.3 Å². The summed E-state index contributed by atoms with van der Waals surface area (Å²) in [6, 6.07) is 4.56. The van der Waals surface area contributed by atoms with E-state index in [0.717, 1.165) is 5.56 Å². The molecule has 0 fully saturated rings. The Labute approximate surface area is 97.4 Å². The van der Waals surface area contributed by atoms with Gasteiger partial charge >= 0.3 is 0 Å². The fourth-order valence-electron chi connectivity index (χ4n) is 1.68. The highest BCUT2D eigenvalue weighted by Gasteiger charge is 2.17. The molecule has 2 rings (SSSR count). The van der Waals surface area contributed by atoms with Crippen molar-refractivity contribution in [3.63, 3.8) is 0 Å². The van der Waals surface area contributed by atoms with Gasteiger partial charge in [-0.25, -0.2) is 4.39 Å². The molecule has 3 nitrogen and oxygen atoms in total. The third kappa shape index (κ3) is 1.65. The summed E-state index contributed by atoms with van der Waals surface area (Å²) >= 11 is 5.97. The monoisotopic (exact) mass is 239 g/mol. The highest BCUT2D eigenvalue weighted by atomic mass is 35.5. The van der Waals surface area contributed by atoms with Gasteiger partial charge in [-0.15, -0.1) is 0 Å². The number of aromatic amines is 1. The molecule has 0 saturated carbocycles. The Morgan fingerprint density at radius 2 is 2.25 bits per heavy atom. The third-order valence-electron chi connectivity index (χ3n) is 2.47. The summed E-state index contributed by atoms with van der Waals surface area (Å²) in [5, 5.41) is 6.94. The number of anilines is 1. The predicted molar refractivity (Wildman–Crippen MR) is 62.8 cm³/mol. The Morgan fingerprint density at radius 1 is 1.50 bits per heavy atom. The molecule has 0 saturated heterocycles. The number of H-pyrrole nitrogens is 1. The molecular weight excluding hydrogens is 229 g/mol. The van der Waals surface area contributed by atoms with Crippen LogP contribution in [0.3, 0.4) is 0 Å². The number of nitrogen functional groups attached to an aromatic ring is 1. The number of rotatable bonds is 2. The van der Waals surface area contributed by atoms with Crippen LogP contribution in [-0.4, -0.2) is 10.2 Å². The zero-order chi connectivity index (χ0) is 11.7. The van der Waals surface area contributed by atoms with Gasteiger partial charge in [0.2, 0.25) is 0 Å². The second kappa shape index (κ2) is 4.14. The van der Waals surface area contributed by atoms with E-state index in [2.05, 4.69) is 10.2 Å². The Balaban J connectivity index is 2.67. The first kappa shape index (κ1) is 11.0. The fraction of sp³-hybridized carbons (Fsp3) is 0.182. The highest BCUT2D eigenvalue weighted by Crippen LogP contribution is 2.33. The van der Waals surface area contributed by atoms with Gasteiger partial charge in [-0.3, -0.25) is 5.10 Å². The van der Waals surface area contributed by atoms with Crippen LogP contribution in [0.15, 0.2) is 18.2 Å². The fourth-order valence-corrected chi connectivity index (χ4v) is 1.94. The minimum Gasteiger partial charge on any atom is -0.382 e. The average molecular weight is 240 g/mol. The summed E-state index contributed by atoms with van der Waals surface area (Å²) in [5.74, 6) is 0.00247. The second-order valence-electron chi connectivity index (χ2n) is 3.41. The lowest BCUT2D eigenvalue weighted by atomic mass is 10.1. The largest absolute Gasteiger partial charge is 0.382 e. The van der Waals surface area contributed by atoms with Crippen LogP contribution in [0.1, 0.15) is 12.5 Å². The molecule has 16 heavy (non-hydrogen) atoms. The zero-order valence-corrected chi connectivity index (χ0v) is 9.48. The quantitative estimate of drug-likeness (QED) is 0.847. The maximum atomic E-state index is 13.7. The molecule has 0 unspecified atom stereocenters. The number of hydrogen-bond acceptors (Lipinski definition) is 2. The molecule has 1 aromatic heterocycles. The van der Waals surface area contributed by atoms with Gasteiger partial charge in [0, 0.05) is 5.56 Å². The van der Waals surface area contributed by atoms with Crippen molar-refractivity contribution in [3.8, 4) is 11.3 Å². The molecule has 2 aromatic rings. The van der Waals surface area contributed by atoms with E-state index < -0.39 is 0 Å². The average Bonchev–Trinajstić information content (AvgIpc) is 2.59. The van der Waals surface area contributed by atoms with Crippen molar-refractivity contribution in [1.29, 1.82) is 0 Å². The summed E-state index contributed by atoms with van der Waals surface area (Å²) in [6.07, 6.45) is 0.669. The lowest BCUT2D eigenvalue weighted by molar-refractivity contribution is 0.630. The van der Waals surface area contributed by atoms with Crippen LogP contribution in [-0.2, 0) is 6.42 Å². The molecule has 1 aromatic carbocycles. The van der Waals surface area contributed by atoms with Gasteiger partial charge in [0.25, 0.3) is 0 Å². The van der Waals surface area contributed by atoms with Crippen LogP contribution in [0.5, 0.6) is 0 Å². The van der Waals surface area contributed by atoms with Crippen LogP contribution in [0, 0.1) is 5.82 Å². The molecule has 0 atom stereocenters. The van der Waals surface area contributed by atoms with E-state index in [1.807, 2.05) is 6.92 Å². The normalized spacial score (nSPS) is 10.7. The van der Waals surface area contributed by atoms with E-state index >= 15 is 0 Å². The molecule has 0 amide bonds. The number of nitrogens with two attached hydrogens (primary N) is 1. The van der Waals surface area contributed by atoms with Crippen LogP contribution in [0.2, 0.25) is 5.02 Å².